The zero-order chi connectivity index (χ0) is 29.7. The monoisotopic (exact) mass is 572 g/mol. The third-order valence-electron chi connectivity index (χ3n) is 8.25. The summed E-state index contributed by atoms with van der Waals surface area (Å²) in [5.41, 5.74) is 0.721. The van der Waals surface area contributed by atoms with E-state index in [4.69, 9.17) is 0 Å². The lowest BCUT2D eigenvalue weighted by atomic mass is 10.1. The van der Waals surface area contributed by atoms with Crippen LogP contribution in [0.1, 0.15) is 0 Å². The zero-order valence-corrected chi connectivity index (χ0v) is 22.6. The van der Waals surface area contributed by atoms with E-state index < -0.39 is 22.2 Å². The van der Waals surface area contributed by atoms with E-state index in [0.29, 0.717) is 55.0 Å². The highest BCUT2D eigenvalue weighted by Gasteiger charge is 2.23. The molecule has 0 N–H and O–H groups in total. The summed E-state index contributed by atoms with van der Waals surface area (Å²) in [5.74, 6) is 0. The lowest BCUT2D eigenvalue weighted by molar-refractivity contribution is 0.999. The number of pyridine rings is 4. The van der Waals surface area contributed by atoms with E-state index in [2.05, 4.69) is 19.9 Å². The highest BCUT2D eigenvalue weighted by Crippen LogP contribution is 2.30. The van der Waals surface area contributed by atoms with E-state index in [-0.39, 0.29) is 21.5 Å². The first-order chi connectivity index (χ1) is 21.5. The van der Waals surface area contributed by atoms with E-state index in [9.17, 15) is 19.2 Å². The molecule has 3 aromatic carbocycles. The van der Waals surface area contributed by atoms with Crippen molar-refractivity contribution in [1.29, 1.82) is 0 Å². The quantitative estimate of drug-likeness (QED) is 0.283. The molecule has 6 heterocycles. The third kappa shape index (κ3) is 3.08. The fourth-order valence-electron chi connectivity index (χ4n) is 6.30. The molecule has 0 saturated heterocycles. The molecule has 0 aliphatic carbocycles. The summed E-state index contributed by atoms with van der Waals surface area (Å²) in [4.78, 5) is 73.4. The van der Waals surface area contributed by atoms with Crippen LogP contribution in [0.4, 0.5) is 0 Å². The van der Waals surface area contributed by atoms with Gasteiger partial charge >= 0.3 is 0 Å². The minimum atomic E-state index is -0.591. The molecule has 6 aromatic heterocycles. The molecule has 0 amide bonds. The number of nitrogens with zero attached hydrogens (tertiary/aromatic N) is 6. The predicted octanol–water partition coefficient (Wildman–Crippen LogP) is 4.08. The first-order valence-electron chi connectivity index (χ1n) is 13.7. The highest BCUT2D eigenvalue weighted by atomic mass is 16.2. The Hall–Kier alpha value is -6.42. The molecule has 10 nitrogen and oxygen atoms in total. The fourth-order valence-corrected chi connectivity index (χ4v) is 6.30. The minimum Gasteiger partial charge on any atom is -0.268 e. The summed E-state index contributed by atoms with van der Waals surface area (Å²) >= 11 is 0. The average molecular weight is 573 g/mol. The van der Waals surface area contributed by atoms with Crippen LogP contribution in [0.5, 0.6) is 0 Å². The van der Waals surface area contributed by atoms with Crippen LogP contribution in [0.3, 0.4) is 0 Å². The van der Waals surface area contributed by atoms with Crippen LogP contribution in [0, 0.1) is 0 Å². The number of hydrogen-bond donors (Lipinski definition) is 0. The van der Waals surface area contributed by atoms with Gasteiger partial charge in [-0.1, -0.05) is 12.1 Å². The van der Waals surface area contributed by atoms with Gasteiger partial charge in [-0.3, -0.25) is 39.1 Å². The maximum atomic E-state index is 13.9. The number of fused-ring (bicyclic) bond motifs is 8. The summed E-state index contributed by atoms with van der Waals surface area (Å²) in [6.07, 6.45) is 6.57. The summed E-state index contributed by atoms with van der Waals surface area (Å²) in [6.45, 7) is 0. The van der Waals surface area contributed by atoms with Crippen LogP contribution in [0.25, 0.3) is 76.5 Å². The summed E-state index contributed by atoms with van der Waals surface area (Å²) in [5, 5.41) is 2.77. The molecule has 0 fully saturated rings. The van der Waals surface area contributed by atoms with E-state index in [0.717, 1.165) is 9.13 Å². The maximum Gasteiger partial charge on any atom is 0.266 e. The van der Waals surface area contributed by atoms with Crippen molar-refractivity contribution in [2.75, 3.05) is 0 Å². The van der Waals surface area contributed by atoms with Crippen molar-refractivity contribution in [3.63, 3.8) is 0 Å². The molecular formula is C34H16N6O4. The standard InChI is InChI=1S/C34H16N6O4/c41-31-21-15-23-24(34(44)40(33(23)43)26-14-18-6-2-10-36-28(18)30-20(26)8-4-12-38-30)16-22(21)32(42)39(31)25-13-17-5-1-9-35-27(17)29-19(25)7-3-11-37-29/h1-16H. The molecule has 0 spiro atoms. The van der Waals surface area contributed by atoms with Crippen molar-refractivity contribution >= 4 is 65.2 Å². The van der Waals surface area contributed by atoms with E-state index in [1.807, 2.05) is 12.1 Å². The molecule has 0 unspecified atom stereocenters. The van der Waals surface area contributed by atoms with Gasteiger partial charge in [0, 0.05) is 46.3 Å². The fraction of sp³-hybridized carbons (Fsp3) is 0. The predicted molar refractivity (Wildman–Crippen MR) is 169 cm³/mol. The topological polar surface area (TPSA) is 130 Å². The first kappa shape index (κ1) is 24.2. The summed E-state index contributed by atoms with van der Waals surface area (Å²) in [7, 11) is 0. The number of rotatable bonds is 2. The highest BCUT2D eigenvalue weighted by molar-refractivity contribution is 6.09. The lowest BCUT2D eigenvalue weighted by Gasteiger charge is -2.09. The van der Waals surface area contributed by atoms with Gasteiger partial charge in [0.2, 0.25) is 0 Å². The average Bonchev–Trinajstić information content (AvgIpc) is 3.46. The number of aromatic nitrogens is 6. The van der Waals surface area contributed by atoms with Crippen molar-refractivity contribution < 1.29 is 0 Å². The van der Waals surface area contributed by atoms with Crippen LogP contribution in [-0.2, 0) is 0 Å². The van der Waals surface area contributed by atoms with Gasteiger partial charge < -0.3 is 0 Å². The Morgan fingerprint density at radius 3 is 1.11 bits per heavy atom. The Morgan fingerprint density at radius 1 is 0.386 bits per heavy atom. The normalized spacial score (nSPS) is 12.0. The second-order valence-corrected chi connectivity index (χ2v) is 10.6. The Balaban J connectivity index is 1.35. The molecule has 206 valence electrons. The van der Waals surface area contributed by atoms with Crippen molar-refractivity contribution in [3.8, 4) is 11.4 Å². The van der Waals surface area contributed by atoms with Crippen molar-refractivity contribution in [2.24, 2.45) is 0 Å². The van der Waals surface area contributed by atoms with E-state index in [1.165, 1.54) is 12.1 Å². The molecule has 0 bridgehead atoms. The third-order valence-corrected chi connectivity index (χ3v) is 8.25. The number of hydrogen-bond acceptors (Lipinski definition) is 8. The van der Waals surface area contributed by atoms with Gasteiger partial charge in [-0.15, -0.1) is 0 Å². The smallest absolute Gasteiger partial charge is 0.266 e. The van der Waals surface area contributed by atoms with Gasteiger partial charge in [0.15, 0.2) is 0 Å². The molecule has 10 heteroatoms. The largest absolute Gasteiger partial charge is 0.268 e. The molecule has 0 aliphatic heterocycles. The van der Waals surface area contributed by atoms with Crippen LogP contribution >= 0.6 is 0 Å². The van der Waals surface area contributed by atoms with Gasteiger partial charge in [-0.05, 0) is 60.7 Å². The second-order valence-electron chi connectivity index (χ2n) is 10.6. The molecule has 9 aromatic rings. The molecular weight excluding hydrogens is 556 g/mol. The molecule has 44 heavy (non-hydrogen) atoms. The molecule has 0 aliphatic rings. The minimum absolute atomic E-state index is 0.0503. The van der Waals surface area contributed by atoms with Crippen LogP contribution in [0.15, 0.2) is 117 Å². The summed E-state index contributed by atoms with van der Waals surface area (Å²) < 4.78 is 2.16. The Bertz CT molecular complexity index is 2660. The van der Waals surface area contributed by atoms with E-state index >= 15 is 0 Å². The van der Waals surface area contributed by atoms with Crippen LogP contribution < -0.4 is 22.2 Å². The Labute approximate surface area is 244 Å². The van der Waals surface area contributed by atoms with Crippen molar-refractivity contribution in [2.45, 2.75) is 0 Å². The second kappa shape index (κ2) is 8.55. The molecule has 0 atom stereocenters. The van der Waals surface area contributed by atoms with Gasteiger partial charge in [0.25, 0.3) is 22.2 Å². The molecule has 0 saturated carbocycles. The Kier molecular flexibility index (Phi) is 4.71. The van der Waals surface area contributed by atoms with Gasteiger partial charge in [0.05, 0.1) is 55.0 Å². The van der Waals surface area contributed by atoms with Gasteiger partial charge in [-0.25, -0.2) is 9.13 Å². The van der Waals surface area contributed by atoms with E-state index in [1.54, 1.807) is 73.3 Å². The molecule has 9 rings (SSSR count). The van der Waals surface area contributed by atoms with Crippen LogP contribution in [0.2, 0.25) is 0 Å². The first-order valence-corrected chi connectivity index (χ1v) is 13.7. The molecule has 0 radical (unpaired) electrons. The van der Waals surface area contributed by atoms with Gasteiger partial charge in [0.1, 0.15) is 0 Å². The SMILES string of the molecule is O=c1c2cc3c(=O)n(-c4cc5cccnc5c5ncccc45)c(=O)c3cc2c(=O)n1-c1cc2cccnc2c2ncccc12. The van der Waals surface area contributed by atoms with Crippen LogP contribution in [-0.4, -0.2) is 29.1 Å². The van der Waals surface area contributed by atoms with Gasteiger partial charge in [-0.2, -0.15) is 0 Å². The van der Waals surface area contributed by atoms with Crippen molar-refractivity contribution in [3.05, 3.63) is 139 Å². The van der Waals surface area contributed by atoms with Crippen molar-refractivity contribution in [1.82, 2.24) is 29.1 Å². The zero-order valence-electron chi connectivity index (χ0n) is 22.6. The number of benzene rings is 3. The maximum absolute atomic E-state index is 13.9. The lowest BCUT2D eigenvalue weighted by Crippen LogP contribution is -2.24. The Morgan fingerprint density at radius 2 is 0.727 bits per heavy atom. The summed E-state index contributed by atoms with van der Waals surface area (Å²) in [6, 6.07) is 20.4.